The van der Waals surface area contributed by atoms with E-state index in [1.807, 2.05) is 49.5 Å². The van der Waals surface area contributed by atoms with Gasteiger partial charge in [0, 0.05) is 22.6 Å². The van der Waals surface area contributed by atoms with Crippen molar-refractivity contribution in [2.75, 3.05) is 0 Å². The molecule has 1 amide bonds. The second kappa shape index (κ2) is 7.47. The molecule has 3 aromatic rings. The maximum atomic E-state index is 12.3. The van der Waals surface area contributed by atoms with Crippen LogP contribution in [0.1, 0.15) is 11.3 Å². The minimum absolute atomic E-state index is 0.141. The van der Waals surface area contributed by atoms with Crippen LogP contribution in [0.2, 0.25) is 5.02 Å². The van der Waals surface area contributed by atoms with Crippen molar-refractivity contribution in [1.29, 1.82) is 0 Å². The first kappa shape index (κ1) is 17.6. The fourth-order valence-corrected chi connectivity index (χ4v) is 3.78. The number of aliphatic imine (C=N–C) groups is 1. The number of amides is 1. The Morgan fingerprint density at radius 2 is 1.85 bits per heavy atom. The van der Waals surface area contributed by atoms with Crippen LogP contribution >= 0.6 is 23.4 Å². The Morgan fingerprint density at radius 3 is 2.59 bits per heavy atom. The van der Waals surface area contributed by atoms with Gasteiger partial charge >= 0.3 is 0 Å². The van der Waals surface area contributed by atoms with Crippen LogP contribution in [0.15, 0.2) is 76.8 Å². The van der Waals surface area contributed by atoms with Gasteiger partial charge in [0.2, 0.25) is 0 Å². The first-order valence-corrected chi connectivity index (χ1v) is 9.57. The third kappa shape index (κ3) is 3.99. The van der Waals surface area contributed by atoms with Gasteiger partial charge in [-0.15, -0.1) is 0 Å². The van der Waals surface area contributed by atoms with Crippen LogP contribution in [0.4, 0.5) is 5.69 Å². The summed E-state index contributed by atoms with van der Waals surface area (Å²) in [4.78, 5) is 17.4. The minimum Gasteiger partial charge on any atom is -0.321 e. The van der Waals surface area contributed by atoms with E-state index in [0.717, 1.165) is 22.6 Å². The van der Waals surface area contributed by atoms with Gasteiger partial charge in [0.05, 0.1) is 10.6 Å². The van der Waals surface area contributed by atoms with Crippen molar-refractivity contribution in [3.8, 4) is 5.69 Å². The molecular weight excluding hydrogens is 378 g/mol. The molecule has 134 valence electrons. The quantitative estimate of drug-likeness (QED) is 0.611. The van der Waals surface area contributed by atoms with E-state index in [2.05, 4.69) is 33.1 Å². The Bertz CT molecular complexity index is 1050. The van der Waals surface area contributed by atoms with E-state index < -0.39 is 0 Å². The van der Waals surface area contributed by atoms with Crippen molar-refractivity contribution in [1.82, 2.24) is 9.88 Å². The minimum atomic E-state index is -0.141. The monoisotopic (exact) mass is 393 g/mol. The highest BCUT2D eigenvalue weighted by molar-refractivity contribution is 8.18. The van der Waals surface area contributed by atoms with E-state index in [1.54, 1.807) is 12.1 Å². The van der Waals surface area contributed by atoms with Crippen molar-refractivity contribution in [3.05, 3.63) is 88.0 Å². The van der Waals surface area contributed by atoms with Crippen LogP contribution in [0.5, 0.6) is 0 Å². The molecule has 4 rings (SSSR count). The lowest BCUT2D eigenvalue weighted by atomic mass is 10.3. The molecule has 0 spiro atoms. The van der Waals surface area contributed by atoms with Crippen LogP contribution in [0.3, 0.4) is 0 Å². The number of carbonyl (C=O) groups is 1. The van der Waals surface area contributed by atoms with E-state index in [4.69, 9.17) is 11.6 Å². The van der Waals surface area contributed by atoms with Gasteiger partial charge in [-0.1, -0.05) is 29.8 Å². The zero-order valence-electron chi connectivity index (χ0n) is 14.5. The van der Waals surface area contributed by atoms with Crippen molar-refractivity contribution in [2.45, 2.75) is 6.92 Å². The largest absolute Gasteiger partial charge is 0.321 e. The topological polar surface area (TPSA) is 46.4 Å². The molecule has 2 heterocycles. The van der Waals surface area contributed by atoms with E-state index in [9.17, 15) is 4.79 Å². The number of hydrogen-bond donors (Lipinski definition) is 1. The molecule has 4 nitrogen and oxygen atoms in total. The number of benzene rings is 2. The van der Waals surface area contributed by atoms with E-state index in [1.165, 1.54) is 11.8 Å². The molecule has 1 aromatic heterocycles. The van der Waals surface area contributed by atoms with E-state index in [0.29, 0.717) is 15.1 Å². The Kier molecular flexibility index (Phi) is 4.88. The zero-order valence-corrected chi connectivity index (χ0v) is 16.1. The third-order valence-corrected chi connectivity index (χ3v) is 5.24. The fraction of sp³-hybridized carbons (Fsp3) is 0.0476. The van der Waals surface area contributed by atoms with E-state index >= 15 is 0 Å². The van der Waals surface area contributed by atoms with Crippen LogP contribution in [-0.4, -0.2) is 15.6 Å². The highest BCUT2D eigenvalue weighted by Gasteiger charge is 2.24. The summed E-state index contributed by atoms with van der Waals surface area (Å²) in [5.74, 6) is -0.141. The van der Waals surface area contributed by atoms with Crippen molar-refractivity contribution in [3.63, 3.8) is 0 Å². The molecule has 6 heteroatoms. The number of carbonyl (C=O) groups excluding carboxylic acids is 1. The highest BCUT2D eigenvalue weighted by Crippen LogP contribution is 2.29. The molecule has 1 saturated heterocycles. The van der Waals surface area contributed by atoms with Crippen LogP contribution in [0, 0.1) is 6.92 Å². The number of aromatic nitrogens is 1. The average molecular weight is 394 g/mol. The lowest BCUT2D eigenvalue weighted by Crippen LogP contribution is -2.19. The third-order valence-electron chi connectivity index (χ3n) is 4.07. The maximum Gasteiger partial charge on any atom is 0.264 e. The molecule has 1 aliphatic heterocycles. The fourth-order valence-electron chi connectivity index (χ4n) is 2.81. The second-order valence-corrected chi connectivity index (χ2v) is 7.55. The highest BCUT2D eigenvalue weighted by atomic mass is 35.5. The van der Waals surface area contributed by atoms with Crippen molar-refractivity contribution < 1.29 is 4.79 Å². The number of aryl methyl sites for hydroxylation is 1. The lowest BCUT2D eigenvalue weighted by Gasteiger charge is -2.04. The predicted octanol–water partition coefficient (Wildman–Crippen LogP) is 5.33. The Hall–Kier alpha value is -2.76. The molecule has 1 fully saturated rings. The molecule has 0 atom stereocenters. The maximum absolute atomic E-state index is 12.3. The SMILES string of the molecule is Cc1cc(/C=C2/SC(=Nc3ccc(Cl)cc3)NC2=O)cn1-c1ccccc1. The molecule has 0 aliphatic carbocycles. The summed E-state index contributed by atoms with van der Waals surface area (Å²) >= 11 is 7.22. The summed E-state index contributed by atoms with van der Waals surface area (Å²) in [6.45, 7) is 2.05. The van der Waals surface area contributed by atoms with Gasteiger partial charge < -0.3 is 9.88 Å². The molecule has 1 N–H and O–H groups in total. The van der Waals surface area contributed by atoms with Gasteiger partial charge in [0.25, 0.3) is 5.91 Å². The normalized spacial score (nSPS) is 16.9. The summed E-state index contributed by atoms with van der Waals surface area (Å²) in [6.07, 6.45) is 3.91. The number of thioether (sulfide) groups is 1. The first-order chi connectivity index (χ1) is 13.1. The number of amidine groups is 1. The van der Waals surface area contributed by atoms with Crippen LogP contribution in [0.25, 0.3) is 11.8 Å². The van der Waals surface area contributed by atoms with Gasteiger partial charge in [0.1, 0.15) is 0 Å². The van der Waals surface area contributed by atoms with Crippen LogP contribution < -0.4 is 5.32 Å². The summed E-state index contributed by atoms with van der Waals surface area (Å²) < 4.78 is 2.10. The predicted molar refractivity (Wildman–Crippen MR) is 113 cm³/mol. The Balaban J connectivity index is 1.58. The van der Waals surface area contributed by atoms with Crippen LogP contribution in [-0.2, 0) is 4.79 Å². The summed E-state index contributed by atoms with van der Waals surface area (Å²) in [6, 6.07) is 19.3. The number of nitrogens with one attached hydrogen (secondary N) is 1. The summed E-state index contributed by atoms with van der Waals surface area (Å²) in [5, 5.41) is 4.02. The molecule has 0 radical (unpaired) electrons. The van der Waals surface area contributed by atoms with Crippen molar-refractivity contribution >= 4 is 46.2 Å². The smallest absolute Gasteiger partial charge is 0.264 e. The number of nitrogens with zero attached hydrogens (tertiary/aromatic N) is 2. The van der Waals surface area contributed by atoms with E-state index in [-0.39, 0.29) is 5.91 Å². The lowest BCUT2D eigenvalue weighted by molar-refractivity contribution is -0.115. The number of hydrogen-bond acceptors (Lipinski definition) is 3. The molecule has 27 heavy (non-hydrogen) atoms. The van der Waals surface area contributed by atoms with Gasteiger partial charge in [-0.3, -0.25) is 4.79 Å². The molecule has 2 aromatic carbocycles. The second-order valence-electron chi connectivity index (χ2n) is 6.08. The van der Waals surface area contributed by atoms with Gasteiger partial charge in [-0.2, -0.15) is 0 Å². The molecule has 0 unspecified atom stereocenters. The summed E-state index contributed by atoms with van der Waals surface area (Å²) in [5.41, 5.74) is 3.91. The Morgan fingerprint density at radius 1 is 1.11 bits per heavy atom. The molecule has 0 bridgehead atoms. The Labute approximate surface area is 166 Å². The molecule has 0 saturated carbocycles. The number of halogens is 1. The number of para-hydroxylation sites is 1. The average Bonchev–Trinajstić information content (AvgIpc) is 3.20. The standard InChI is InChI=1S/C21H16ClN3OS/c1-14-11-15(13-25(14)18-5-3-2-4-6-18)12-19-20(26)24-21(27-19)23-17-9-7-16(22)8-10-17/h2-13H,1H3,(H,23,24,26)/b19-12+. The zero-order chi connectivity index (χ0) is 18.8. The molecule has 1 aliphatic rings. The summed E-state index contributed by atoms with van der Waals surface area (Å²) in [7, 11) is 0. The first-order valence-electron chi connectivity index (χ1n) is 8.38. The van der Waals surface area contributed by atoms with Crippen molar-refractivity contribution in [2.24, 2.45) is 4.99 Å². The molecular formula is C21H16ClN3OS. The van der Waals surface area contributed by atoms with Gasteiger partial charge in [-0.05, 0) is 72.8 Å². The number of rotatable bonds is 3. The van der Waals surface area contributed by atoms with Gasteiger partial charge in [0.15, 0.2) is 5.17 Å². The van der Waals surface area contributed by atoms with Gasteiger partial charge in [-0.25, -0.2) is 4.99 Å².